The number of hydrogen-bond donors (Lipinski definition) is 1. The van der Waals surface area contributed by atoms with E-state index >= 15 is 0 Å². The number of aryl methyl sites for hydroxylation is 2. The maximum atomic E-state index is 13.6. The van der Waals surface area contributed by atoms with E-state index in [1.165, 1.54) is 12.1 Å². The standard InChI is InChI=1S/C13H15ClFN3/c1-8(11-7-18(3)17-9(11)2)16-13-6-10(14)4-5-12(13)15/h4-8,16H,1-3H3. The van der Waals surface area contributed by atoms with Crippen LogP contribution in [0.2, 0.25) is 5.02 Å². The zero-order valence-electron chi connectivity index (χ0n) is 10.5. The molecule has 0 fully saturated rings. The van der Waals surface area contributed by atoms with Crippen molar-refractivity contribution >= 4 is 17.3 Å². The van der Waals surface area contributed by atoms with E-state index in [9.17, 15) is 4.39 Å². The summed E-state index contributed by atoms with van der Waals surface area (Å²) < 4.78 is 15.4. The summed E-state index contributed by atoms with van der Waals surface area (Å²) in [5.74, 6) is -0.312. The molecule has 1 atom stereocenters. The lowest BCUT2D eigenvalue weighted by atomic mass is 10.1. The van der Waals surface area contributed by atoms with Gasteiger partial charge < -0.3 is 5.32 Å². The van der Waals surface area contributed by atoms with Gasteiger partial charge in [-0.25, -0.2) is 4.39 Å². The first-order valence-electron chi connectivity index (χ1n) is 5.69. The van der Waals surface area contributed by atoms with Gasteiger partial charge in [0, 0.05) is 23.8 Å². The van der Waals surface area contributed by atoms with Crippen LogP contribution in [-0.2, 0) is 7.05 Å². The Morgan fingerprint density at radius 2 is 2.17 bits per heavy atom. The second-order valence-corrected chi connectivity index (χ2v) is 4.77. The maximum Gasteiger partial charge on any atom is 0.146 e. The molecular weight excluding hydrogens is 253 g/mol. The third-order valence-electron chi connectivity index (χ3n) is 2.82. The van der Waals surface area contributed by atoms with E-state index in [4.69, 9.17) is 11.6 Å². The van der Waals surface area contributed by atoms with Crippen LogP contribution in [-0.4, -0.2) is 9.78 Å². The minimum absolute atomic E-state index is 0.0355. The topological polar surface area (TPSA) is 29.9 Å². The van der Waals surface area contributed by atoms with E-state index in [2.05, 4.69) is 10.4 Å². The Bertz CT molecular complexity index is 565. The molecule has 3 nitrogen and oxygen atoms in total. The highest BCUT2D eigenvalue weighted by atomic mass is 35.5. The van der Waals surface area contributed by atoms with E-state index in [-0.39, 0.29) is 11.9 Å². The van der Waals surface area contributed by atoms with E-state index in [0.717, 1.165) is 11.3 Å². The van der Waals surface area contributed by atoms with Crippen molar-refractivity contribution in [3.63, 3.8) is 0 Å². The van der Waals surface area contributed by atoms with Gasteiger partial charge in [-0.2, -0.15) is 5.10 Å². The van der Waals surface area contributed by atoms with Gasteiger partial charge in [0.1, 0.15) is 5.82 Å². The molecule has 0 aliphatic carbocycles. The van der Waals surface area contributed by atoms with E-state index in [0.29, 0.717) is 10.7 Å². The third kappa shape index (κ3) is 2.64. The van der Waals surface area contributed by atoms with Crippen molar-refractivity contribution in [3.8, 4) is 0 Å². The first-order chi connectivity index (χ1) is 8.47. The molecule has 0 radical (unpaired) electrons. The summed E-state index contributed by atoms with van der Waals surface area (Å²) in [5.41, 5.74) is 2.37. The van der Waals surface area contributed by atoms with Crippen molar-refractivity contribution in [2.24, 2.45) is 7.05 Å². The quantitative estimate of drug-likeness (QED) is 0.919. The molecule has 0 saturated carbocycles. The van der Waals surface area contributed by atoms with Crippen molar-refractivity contribution in [3.05, 3.63) is 46.5 Å². The predicted molar refractivity (Wildman–Crippen MR) is 71.4 cm³/mol. The molecule has 0 aliphatic heterocycles. The Labute approximate surface area is 111 Å². The van der Waals surface area contributed by atoms with Gasteiger partial charge in [-0.3, -0.25) is 4.68 Å². The smallest absolute Gasteiger partial charge is 0.146 e. The molecule has 1 aromatic heterocycles. The summed E-state index contributed by atoms with van der Waals surface area (Å²) in [6.07, 6.45) is 1.93. The van der Waals surface area contributed by atoms with E-state index in [1.54, 1.807) is 10.7 Å². The number of benzene rings is 1. The largest absolute Gasteiger partial charge is 0.376 e. The van der Waals surface area contributed by atoms with Gasteiger partial charge in [-0.15, -0.1) is 0 Å². The maximum absolute atomic E-state index is 13.6. The molecule has 2 rings (SSSR count). The number of aromatic nitrogens is 2. The zero-order valence-corrected chi connectivity index (χ0v) is 11.3. The van der Waals surface area contributed by atoms with Gasteiger partial charge >= 0.3 is 0 Å². The minimum Gasteiger partial charge on any atom is -0.376 e. The van der Waals surface area contributed by atoms with Gasteiger partial charge in [0.25, 0.3) is 0 Å². The van der Waals surface area contributed by atoms with Crippen LogP contribution in [0.4, 0.5) is 10.1 Å². The summed E-state index contributed by atoms with van der Waals surface area (Å²) in [6.45, 7) is 3.90. The monoisotopic (exact) mass is 267 g/mol. The van der Waals surface area contributed by atoms with Crippen molar-refractivity contribution in [1.29, 1.82) is 0 Å². The Morgan fingerprint density at radius 1 is 1.44 bits per heavy atom. The molecule has 0 bridgehead atoms. The second kappa shape index (κ2) is 4.98. The third-order valence-corrected chi connectivity index (χ3v) is 3.05. The fraction of sp³-hybridized carbons (Fsp3) is 0.308. The first kappa shape index (κ1) is 12.9. The molecule has 2 aromatic rings. The summed E-state index contributed by atoms with van der Waals surface area (Å²) >= 11 is 5.86. The Hall–Kier alpha value is -1.55. The highest BCUT2D eigenvalue weighted by Crippen LogP contribution is 2.25. The number of halogens is 2. The first-order valence-corrected chi connectivity index (χ1v) is 6.07. The lowest BCUT2D eigenvalue weighted by Gasteiger charge is -2.15. The summed E-state index contributed by atoms with van der Waals surface area (Å²) in [6, 6.07) is 4.43. The molecular formula is C13H15ClFN3. The SMILES string of the molecule is Cc1nn(C)cc1C(C)Nc1cc(Cl)ccc1F. The van der Waals surface area contributed by atoms with Crippen LogP contribution in [0, 0.1) is 12.7 Å². The predicted octanol–water partition coefficient (Wildman–Crippen LogP) is 3.69. The normalized spacial score (nSPS) is 12.5. The molecule has 1 N–H and O–H groups in total. The van der Waals surface area contributed by atoms with Crippen molar-refractivity contribution < 1.29 is 4.39 Å². The van der Waals surface area contributed by atoms with Crippen molar-refractivity contribution in [2.45, 2.75) is 19.9 Å². The average molecular weight is 268 g/mol. The molecule has 0 spiro atoms. The van der Waals surface area contributed by atoms with Crippen LogP contribution in [0.1, 0.15) is 24.2 Å². The van der Waals surface area contributed by atoms with Gasteiger partial charge in [0.05, 0.1) is 17.4 Å². The van der Waals surface area contributed by atoms with Crippen LogP contribution in [0.3, 0.4) is 0 Å². The molecule has 5 heteroatoms. The fourth-order valence-electron chi connectivity index (χ4n) is 1.96. The lowest BCUT2D eigenvalue weighted by molar-refractivity contribution is 0.627. The van der Waals surface area contributed by atoms with E-state index in [1.807, 2.05) is 27.1 Å². The summed E-state index contributed by atoms with van der Waals surface area (Å²) in [4.78, 5) is 0. The highest BCUT2D eigenvalue weighted by Gasteiger charge is 2.13. The number of nitrogens with one attached hydrogen (secondary N) is 1. The van der Waals surface area contributed by atoms with Crippen LogP contribution in [0.15, 0.2) is 24.4 Å². The van der Waals surface area contributed by atoms with Crippen molar-refractivity contribution in [1.82, 2.24) is 9.78 Å². The number of hydrogen-bond acceptors (Lipinski definition) is 2. The summed E-state index contributed by atoms with van der Waals surface area (Å²) in [7, 11) is 1.86. The van der Waals surface area contributed by atoms with Crippen molar-refractivity contribution in [2.75, 3.05) is 5.32 Å². The van der Waals surface area contributed by atoms with Gasteiger partial charge in [0.15, 0.2) is 0 Å². The molecule has 0 aliphatic rings. The number of nitrogens with zero attached hydrogens (tertiary/aromatic N) is 2. The van der Waals surface area contributed by atoms with Crippen LogP contribution in [0.5, 0.6) is 0 Å². The fourth-order valence-corrected chi connectivity index (χ4v) is 2.13. The molecule has 0 saturated heterocycles. The lowest BCUT2D eigenvalue weighted by Crippen LogP contribution is -2.08. The van der Waals surface area contributed by atoms with Gasteiger partial charge in [-0.1, -0.05) is 11.6 Å². The zero-order chi connectivity index (χ0) is 13.3. The highest BCUT2D eigenvalue weighted by molar-refractivity contribution is 6.30. The Kier molecular flexibility index (Phi) is 3.57. The van der Waals surface area contributed by atoms with Crippen LogP contribution < -0.4 is 5.32 Å². The minimum atomic E-state index is -0.312. The van der Waals surface area contributed by atoms with Crippen LogP contribution >= 0.6 is 11.6 Å². The van der Waals surface area contributed by atoms with Crippen LogP contribution in [0.25, 0.3) is 0 Å². The van der Waals surface area contributed by atoms with Gasteiger partial charge in [0.2, 0.25) is 0 Å². The average Bonchev–Trinajstić information content (AvgIpc) is 2.63. The number of anilines is 1. The molecule has 1 unspecified atom stereocenters. The Morgan fingerprint density at radius 3 is 2.78 bits per heavy atom. The molecule has 18 heavy (non-hydrogen) atoms. The second-order valence-electron chi connectivity index (χ2n) is 4.33. The Balaban J connectivity index is 2.23. The van der Waals surface area contributed by atoms with E-state index < -0.39 is 0 Å². The molecule has 96 valence electrons. The number of rotatable bonds is 3. The van der Waals surface area contributed by atoms with Gasteiger partial charge in [-0.05, 0) is 32.0 Å². The molecule has 1 aromatic carbocycles. The molecule has 0 amide bonds. The summed E-state index contributed by atoms with van der Waals surface area (Å²) in [5, 5.41) is 7.89. The molecule has 1 heterocycles.